The maximum absolute atomic E-state index is 5.78. The van der Waals surface area contributed by atoms with Crippen molar-refractivity contribution < 1.29 is 33.2 Å². The molecular weight excluding hydrogens is 604 g/mol. The molecule has 48 heavy (non-hydrogen) atoms. The minimum Gasteiger partial charge on any atom is -0.491 e. The zero-order valence-corrected chi connectivity index (χ0v) is 31.5. The molecule has 282 valence electrons. The van der Waals surface area contributed by atoms with Gasteiger partial charge in [-0.15, -0.1) is 0 Å². The molecule has 1 aromatic rings. The van der Waals surface area contributed by atoms with Crippen LogP contribution in [0.15, 0.2) is 24.3 Å². The number of rotatable bonds is 40. The quantitative estimate of drug-likeness (QED) is 0.0639. The Morgan fingerprint density at radius 2 is 0.625 bits per heavy atom. The van der Waals surface area contributed by atoms with E-state index in [2.05, 4.69) is 38.1 Å². The maximum Gasteiger partial charge on any atom is 0.119 e. The van der Waals surface area contributed by atoms with E-state index < -0.39 is 0 Å². The highest BCUT2D eigenvalue weighted by Crippen LogP contribution is 2.15. The fourth-order valence-corrected chi connectivity index (χ4v) is 5.50. The number of ether oxygens (including phenoxy) is 7. The zero-order valence-electron chi connectivity index (χ0n) is 31.5. The number of benzene rings is 1. The molecular formula is C41H76O7. The van der Waals surface area contributed by atoms with Crippen LogP contribution < -0.4 is 4.74 Å². The number of aryl methyl sites for hydroxylation is 1. The SMILES string of the molecule is CCCCCCCCCCCCCCCOCCOCCOCCOCCOCCOCCOc1ccc(CCCCCCCC)cc1. The van der Waals surface area contributed by atoms with Gasteiger partial charge < -0.3 is 33.2 Å². The summed E-state index contributed by atoms with van der Waals surface area (Å²) in [6, 6.07) is 8.48. The number of unbranched alkanes of at least 4 members (excludes halogenated alkanes) is 17. The molecule has 0 radical (unpaired) electrons. The highest BCUT2D eigenvalue weighted by atomic mass is 16.6. The molecule has 0 aliphatic carbocycles. The van der Waals surface area contributed by atoms with Crippen LogP contribution in [0, 0.1) is 0 Å². The lowest BCUT2D eigenvalue weighted by Crippen LogP contribution is -2.14. The van der Waals surface area contributed by atoms with Gasteiger partial charge in [0.2, 0.25) is 0 Å². The van der Waals surface area contributed by atoms with Crippen molar-refractivity contribution in [3.63, 3.8) is 0 Å². The van der Waals surface area contributed by atoms with Crippen molar-refractivity contribution in [2.45, 2.75) is 142 Å². The predicted octanol–water partition coefficient (Wildman–Crippen LogP) is 10.2. The molecule has 0 heterocycles. The van der Waals surface area contributed by atoms with Gasteiger partial charge in [-0.1, -0.05) is 135 Å². The van der Waals surface area contributed by atoms with Crippen molar-refractivity contribution in [1.29, 1.82) is 0 Å². The third kappa shape index (κ3) is 33.3. The first kappa shape index (κ1) is 44.8. The van der Waals surface area contributed by atoms with Gasteiger partial charge in [0.05, 0.1) is 72.7 Å². The standard InChI is InChI=1S/C41H76O7/c1-3-5-7-9-11-12-13-14-15-16-17-19-21-27-42-28-29-43-30-31-44-32-33-45-34-35-46-36-37-47-38-39-48-41-25-23-40(24-26-41)22-20-18-10-8-6-4-2/h23-26H,3-22,27-39H2,1-2H3. The second-order valence-corrected chi connectivity index (χ2v) is 12.9. The fourth-order valence-electron chi connectivity index (χ4n) is 5.50. The van der Waals surface area contributed by atoms with Crippen molar-refractivity contribution in [3.8, 4) is 5.75 Å². The molecule has 0 fully saturated rings. The van der Waals surface area contributed by atoms with Gasteiger partial charge in [-0.2, -0.15) is 0 Å². The highest BCUT2D eigenvalue weighted by molar-refractivity contribution is 5.27. The molecule has 1 rings (SSSR count). The van der Waals surface area contributed by atoms with Crippen LogP contribution in [0.4, 0.5) is 0 Å². The van der Waals surface area contributed by atoms with Gasteiger partial charge in [0.1, 0.15) is 12.4 Å². The van der Waals surface area contributed by atoms with Crippen LogP contribution in [0.25, 0.3) is 0 Å². The van der Waals surface area contributed by atoms with E-state index >= 15 is 0 Å². The Morgan fingerprint density at radius 3 is 1.02 bits per heavy atom. The van der Waals surface area contributed by atoms with E-state index in [-0.39, 0.29) is 0 Å². The van der Waals surface area contributed by atoms with Crippen LogP contribution in [0.5, 0.6) is 5.75 Å². The maximum atomic E-state index is 5.78. The molecule has 0 saturated carbocycles. The molecule has 0 spiro atoms. The summed E-state index contributed by atoms with van der Waals surface area (Å²) >= 11 is 0. The van der Waals surface area contributed by atoms with E-state index in [1.165, 1.54) is 121 Å². The van der Waals surface area contributed by atoms with E-state index in [4.69, 9.17) is 33.2 Å². The van der Waals surface area contributed by atoms with E-state index in [9.17, 15) is 0 Å². The van der Waals surface area contributed by atoms with Crippen molar-refractivity contribution in [3.05, 3.63) is 29.8 Å². The summed E-state index contributed by atoms with van der Waals surface area (Å²) in [4.78, 5) is 0. The molecule has 1 aromatic carbocycles. The summed E-state index contributed by atoms with van der Waals surface area (Å²) in [5, 5.41) is 0. The van der Waals surface area contributed by atoms with E-state index in [0.717, 1.165) is 25.2 Å². The minimum atomic E-state index is 0.540. The Labute approximate surface area is 296 Å². The van der Waals surface area contributed by atoms with Gasteiger partial charge in [0.25, 0.3) is 0 Å². The van der Waals surface area contributed by atoms with Crippen LogP contribution in [-0.2, 0) is 34.8 Å². The van der Waals surface area contributed by atoms with Crippen LogP contribution >= 0.6 is 0 Å². The fraction of sp³-hybridized carbons (Fsp3) is 0.854. The van der Waals surface area contributed by atoms with Crippen molar-refractivity contribution in [1.82, 2.24) is 0 Å². The third-order valence-corrected chi connectivity index (χ3v) is 8.49. The van der Waals surface area contributed by atoms with Crippen molar-refractivity contribution >= 4 is 0 Å². The van der Waals surface area contributed by atoms with Gasteiger partial charge in [-0.25, -0.2) is 0 Å². The van der Waals surface area contributed by atoms with E-state index in [0.29, 0.717) is 79.3 Å². The lowest BCUT2D eigenvalue weighted by atomic mass is 10.0. The largest absolute Gasteiger partial charge is 0.491 e. The topological polar surface area (TPSA) is 64.6 Å². The van der Waals surface area contributed by atoms with Gasteiger partial charge in [0, 0.05) is 6.61 Å². The monoisotopic (exact) mass is 681 g/mol. The van der Waals surface area contributed by atoms with Crippen LogP contribution in [0.3, 0.4) is 0 Å². The molecule has 7 heteroatoms. The lowest BCUT2D eigenvalue weighted by molar-refractivity contribution is -0.0179. The molecule has 0 saturated heterocycles. The molecule has 0 aromatic heterocycles. The summed E-state index contributed by atoms with van der Waals surface area (Å²) in [6.07, 6.45) is 27.0. The predicted molar refractivity (Wildman–Crippen MR) is 200 cm³/mol. The molecule has 0 N–H and O–H groups in total. The van der Waals surface area contributed by atoms with E-state index in [1.54, 1.807) is 0 Å². The van der Waals surface area contributed by atoms with Crippen molar-refractivity contribution in [2.24, 2.45) is 0 Å². The van der Waals surface area contributed by atoms with Crippen LogP contribution in [-0.4, -0.2) is 85.9 Å². The first-order valence-electron chi connectivity index (χ1n) is 20.0. The van der Waals surface area contributed by atoms with Crippen LogP contribution in [0.2, 0.25) is 0 Å². The molecule has 0 atom stereocenters. The average Bonchev–Trinajstić information content (AvgIpc) is 3.11. The Hall–Kier alpha value is -1.22. The van der Waals surface area contributed by atoms with Gasteiger partial charge in [-0.05, 0) is 37.0 Å². The minimum absolute atomic E-state index is 0.540. The van der Waals surface area contributed by atoms with Crippen molar-refractivity contribution in [2.75, 3.05) is 85.9 Å². The molecule has 0 aliphatic rings. The average molecular weight is 681 g/mol. The summed E-state index contributed by atoms with van der Waals surface area (Å²) in [7, 11) is 0. The molecule has 0 bridgehead atoms. The summed E-state index contributed by atoms with van der Waals surface area (Å²) in [5.41, 5.74) is 1.39. The Morgan fingerprint density at radius 1 is 0.312 bits per heavy atom. The Kier molecular flexibility index (Phi) is 36.0. The first-order chi connectivity index (χ1) is 23.9. The molecule has 0 unspecified atom stereocenters. The second-order valence-electron chi connectivity index (χ2n) is 12.9. The first-order valence-corrected chi connectivity index (χ1v) is 20.0. The van der Waals surface area contributed by atoms with Gasteiger partial charge >= 0.3 is 0 Å². The van der Waals surface area contributed by atoms with E-state index in [1.807, 2.05) is 0 Å². The smallest absolute Gasteiger partial charge is 0.119 e. The molecule has 7 nitrogen and oxygen atoms in total. The van der Waals surface area contributed by atoms with Gasteiger partial charge in [-0.3, -0.25) is 0 Å². The highest BCUT2D eigenvalue weighted by Gasteiger charge is 1.99. The molecule has 0 amide bonds. The lowest BCUT2D eigenvalue weighted by Gasteiger charge is -2.09. The number of hydrogen-bond acceptors (Lipinski definition) is 7. The number of hydrogen-bond donors (Lipinski definition) is 0. The second kappa shape index (κ2) is 38.6. The zero-order chi connectivity index (χ0) is 34.3. The summed E-state index contributed by atoms with van der Waals surface area (Å²) < 4.78 is 39.3. The Balaban J connectivity index is 1.69. The Bertz CT molecular complexity index is 730. The third-order valence-electron chi connectivity index (χ3n) is 8.49. The summed E-state index contributed by atoms with van der Waals surface area (Å²) in [6.45, 7) is 12.2. The summed E-state index contributed by atoms with van der Waals surface area (Å²) in [5.74, 6) is 0.898. The normalized spacial score (nSPS) is 11.5. The van der Waals surface area contributed by atoms with Gasteiger partial charge in [0.15, 0.2) is 0 Å². The van der Waals surface area contributed by atoms with Crippen LogP contribution in [0.1, 0.15) is 141 Å². The molecule has 0 aliphatic heterocycles.